The van der Waals surface area contributed by atoms with Crippen LogP contribution < -0.4 is 16.0 Å². The second kappa shape index (κ2) is 5.97. The summed E-state index contributed by atoms with van der Waals surface area (Å²) >= 11 is 0. The van der Waals surface area contributed by atoms with Gasteiger partial charge in [0.15, 0.2) is 0 Å². The maximum atomic E-state index is 13.2. The Morgan fingerprint density at radius 3 is 2.59 bits per heavy atom. The second-order valence-corrected chi connectivity index (χ2v) is 3.76. The Labute approximate surface area is 110 Å². The summed E-state index contributed by atoms with van der Waals surface area (Å²) in [6.45, 7) is 3.16. The minimum absolute atomic E-state index is 0. The zero-order valence-electron chi connectivity index (χ0n) is 9.28. The number of nitrogens with zero attached hydrogens (tertiary/aromatic N) is 1. The van der Waals surface area contributed by atoms with Crippen molar-refractivity contribution >= 4 is 28.6 Å². The molecule has 1 heterocycles. The van der Waals surface area contributed by atoms with Crippen molar-refractivity contribution in [3.05, 3.63) is 29.6 Å². The number of hydrogen-bond donors (Lipinski definition) is 2. The van der Waals surface area contributed by atoms with Crippen LogP contribution in [0.25, 0.3) is 0 Å². The highest BCUT2D eigenvalue weighted by Gasteiger charge is 2.17. The third-order valence-corrected chi connectivity index (χ3v) is 2.68. The molecule has 0 aromatic heterocycles. The Morgan fingerprint density at radius 2 is 2.00 bits per heavy atom. The van der Waals surface area contributed by atoms with Gasteiger partial charge in [-0.15, -0.1) is 17.0 Å². The molecule has 0 bridgehead atoms. The molecule has 4 nitrogen and oxygen atoms in total. The van der Waals surface area contributed by atoms with Crippen molar-refractivity contribution in [1.29, 1.82) is 0 Å². The van der Waals surface area contributed by atoms with Crippen LogP contribution >= 0.6 is 17.0 Å². The summed E-state index contributed by atoms with van der Waals surface area (Å²) in [6, 6.07) is 4.06. The molecule has 0 atom stereocenters. The summed E-state index contributed by atoms with van der Waals surface area (Å²) in [5, 5.41) is 3.20. The summed E-state index contributed by atoms with van der Waals surface area (Å²) in [4.78, 5) is 13.2. The molecular formula is C11H15BrFN3O. The number of anilines is 1. The molecule has 17 heavy (non-hydrogen) atoms. The first-order valence-electron chi connectivity index (χ1n) is 5.23. The number of primary amides is 1. The van der Waals surface area contributed by atoms with Crippen LogP contribution in [0.5, 0.6) is 0 Å². The van der Waals surface area contributed by atoms with Gasteiger partial charge in [-0.3, -0.25) is 4.79 Å². The van der Waals surface area contributed by atoms with Crippen LogP contribution in [-0.2, 0) is 0 Å². The number of nitrogens with one attached hydrogen (secondary N) is 1. The molecule has 0 radical (unpaired) electrons. The third kappa shape index (κ3) is 3.17. The molecule has 0 aliphatic carbocycles. The Kier molecular flexibility index (Phi) is 4.89. The predicted octanol–water partition coefficient (Wildman–Crippen LogP) is 0.912. The summed E-state index contributed by atoms with van der Waals surface area (Å²) < 4.78 is 13.2. The maximum absolute atomic E-state index is 13.2. The number of rotatable bonds is 2. The molecule has 3 N–H and O–H groups in total. The molecule has 1 amide bonds. The largest absolute Gasteiger partial charge is 0.368 e. The van der Waals surface area contributed by atoms with Gasteiger partial charge in [-0.1, -0.05) is 0 Å². The summed E-state index contributed by atoms with van der Waals surface area (Å²) in [7, 11) is 0. The fourth-order valence-corrected chi connectivity index (χ4v) is 1.88. The average Bonchev–Trinajstić information content (AvgIpc) is 2.29. The summed E-state index contributed by atoms with van der Waals surface area (Å²) in [6.07, 6.45) is 0. The molecule has 0 unspecified atom stereocenters. The Balaban J connectivity index is 0.00000144. The highest BCUT2D eigenvalue weighted by atomic mass is 79.9. The van der Waals surface area contributed by atoms with E-state index in [0.717, 1.165) is 26.2 Å². The summed E-state index contributed by atoms with van der Waals surface area (Å²) in [5.41, 5.74) is 6.24. The van der Waals surface area contributed by atoms with Crippen molar-refractivity contribution in [2.45, 2.75) is 0 Å². The van der Waals surface area contributed by atoms with Crippen molar-refractivity contribution in [1.82, 2.24) is 5.32 Å². The van der Waals surface area contributed by atoms with Crippen LogP contribution in [0.3, 0.4) is 0 Å². The average molecular weight is 304 g/mol. The Hall–Kier alpha value is -1.14. The number of halogens is 2. The number of carbonyl (C=O) groups excluding carboxylic acids is 1. The molecule has 1 fully saturated rings. The van der Waals surface area contributed by atoms with E-state index in [9.17, 15) is 9.18 Å². The smallest absolute Gasteiger partial charge is 0.250 e. The lowest BCUT2D eigenvalue weighted by molar-refractivity contribution is 0.100. The van der Waals surface area contributed by atoms with Gasteiger partial charge < -0.3 is 16.0 Å². The van der Waals surface area contributed by atoms with E-state index >= 15 is 0 Å². The molecule has 0 saturated carbocycles. The van der Waals surface area contributed by atoms with Gasteiger partial charge >= 0.3 is 0 Å². The number of amides is 1. The van der Waals surface area contributed by atoms with Gasteiger partial charge in [0.1, 0.15) is 5.82 Å². The summed E-state index contributed by atoms with van der Waals surface area (Å²) in [5.74, 6) is -0.868. The molecular weight excluding hydrogens is 289 g/mol. The minimum Gasteiger partial charge on any atom is -0.368 e. The number of carbonyl (C=O) groups is 1. The molecule has 1 aromatic carbocycles. The third-order valence-electron chi connectivity index (χ3n) is 2.68. The van der Waals surface area contributed by atoms with Gasteiger partial charge in [0, 0.05) is 26.2 Å². The monoisotopic (exact) mass is 303 g/mol. The van der Waals surface area contributed by atoms with E-state index in [0.29, 0.717) is 11.3 Å². The van der Waals surface area contributed by atoms with E-state index in [-0.39, 0.29) is 22.8 Å². The Bertz CT molecular complexity index is 408. The van der Waals surface area contributed by atoms with Gasteiger partial charge in [-0.05, 0) is 18.2 Å². The fraction of sp³-hybridized carbons (Fsp3) is 0.364. The van der Waals surface area contributed by atoms with Gasteiger partial charge in [0.05, 0.1) is 11.3 Å². The van der Waals surface area contributed by atoms with E-state index in [1.165, 1.54) is 18.2 Å². The lowest BCUT2D eigenvalue weighted by Crippen LogP contribution is -2.44. The molecule has 94 valence electrons. The second-order valence-electron chi connectivity index (χ2n) is 3.76. The number of hydrogen-bond acceptors (Lipinski definition) is 3. The van der Waals surface area contributed by atoms with E-state index < -0.39 is 5.91 Å². The van der Waals surface area contributed by atoms with Crippen molar-refractivity contribution in [3.63, 3.8) is 0 Å². The molecule has 1 aliphatic rings. The molecule has 6 heteroatoms. The molecule has 0 spiro atoms. The van der Waals surface area contributed by atoms with E-state index in [4.69, 9.17) is 5.73 Å². The highest BCUT2D eigenvalue weighted by molar-refractivity contribution is 8.93. The van der Waals surface area contributed by atoms with Crippen LogP contribution in [0.1, 0.15) is 10.4 Å². The topological polar surface area (TPSA) is 58.4 Å². The Morgan fingerprint density at radius 1 is 1.35 bits per heavy atom. The van der Waals surface area contributed by atoms with Crippen LogP contribution in [0.15, 0.2) is 18.2 Å². The maximum Gasteiger partial charge on any atom is 0.250 e. The minimum atomic E-state index is -0.520. The molecule has 2 rings (SSSR count). The molecule has 1 aromatic rings. The van der Waals surface area contributed by atoms with Crippen LogP contribution in [0.2, 0.25) is 0 Å². The van der Waals surface area contributed by atoms with Crippen LogP contribution in [-0.4, -0.2) is 32.1 Å². The quantitative estimate of drug-likeness (QED) is 0.854. The normalized spacial score (nSPS) is 15.2. The first kappa shape index (κ1) is 13.9. The number of nitrogens with two attached hydrogens (primary N) is 1. The first-order chi connectivity index (χ1) is 7.68. The molecule has 1 saturated heterocycles. The lowest BCUT2D eigenvalue weighted by atomic mass is 10.1. The highest BCUT2D eigenvalue weighted by Crippen LogP contribution is 2.21. The van der Waals surface area contributed by atoms with Gasteiger partial charge in [-0.2, -0.15) is 0 Å². The first-order valence-corrected chi connectivity index (χ1v) is 5.23. The van der Waals surface area contributed by atoms with Gasteiger partial charge in [0.2, 0.25) is 0 Å². The van der Waals surface area contributed by atoms with Crippen LogP contribution in [0, 0.1) is 5.82 Å². The standard InChI is InChI=1S/C11H14FN3O.BrH/c12-8-1-2-9(11(13)16)10(7-8)15-5-3-14-4-6-15;/h1-2,7,14H,3-6H2,(H2,13,16);1H. The lowest BCUT2D eigenvalue weighted by Gasteiger charge is -2.30. The van der Waals surface area contributed by atoms with Gasteiger partial charge in [-0.25, -0.2) is 4.39 Å². The van der Waals surface area contributed by atoms with E-state index in [1.807, 2.05) is 4.90 Å². The SMILES string of the molecule is Br.NC(=O)c1ccc(F)cc1N1CCNCC1. The van der Waals surface area contributed by atoms with Crippen molar-refractivity contribution in [2.75, 3.05) is 31.1 Å². The van der Waals surface area contributed by atoms with Crippen molar-refractivity contribution in [2.24, 2.45) is 5.73 Å². The number of piperazine rings is 1. The van der Waals surface area contributed by atoms with Gasteiger partial charge in [0.25, 0.3) is 5.91 Å². The molecule has 1 aliphatic heterocycles. The van der Waals surface area contributed by atoms with Crippen molar-refractivity contribution in [3.8, 4) is 0 Å². The zero-order chi connectivity index (χ0) is 11.5. The fourth-order valence-electron chi connectivity index (χ4n) is 1.88. The van der Waals surface area contributed by atoms with Crippen molar-refractivity contribution < 1.29 is 9.18 Å². The predicted molar refractivity (Wildman–Crippen MR) is 70.3 cm³/mol. The number of benzene rings is 1. The van der Waals surface area contributed by atoms with E-state index in [1.54, 1.807) is 0 Å². The van der Waals surface area contributed by atoms with E-state index in [2.05, 4.69) is 5.32 Å². The zero-order valence-corrected chi connectivity index (χ0v) is 11.0. The van der Waals surface area contributed by atoms with Crippen LogP contribution in [0.4, 0.5) is 10.1 Å².